The number of nitrogens with one attached hydrogen (secondary N) is 1. The van der Waals surface area contributed by atoms with Crippen molar-refractivity contribution < 1.29 is 9.47 Å². The normalized spacial score (nSPS) is 10.9. The minimum Gasteiger partial charge on any atom is -0.378 e. The molecule has 0 atom stereocenters. The van der Waals surface area contributed by atoms with E-state index in [1.54, 1.807) is 31.3 Å². The third-order valence-electron chi connectivity index (χ3n) is 2.62. The number of methoxy groups -OCH3 is 2. The first kappa shape index (κ1) is 13.8. The second kappa shape index (κ2) is 6.51. The summed E-state index contributed by atoms with van der Waals surface area (Å²) < 4.78 is 11.9. The first-order valence-corrected chi connectivity index (χ1v) is 6.07. The number of hydrogen-bond acceptors (Lipinski definition) is 5. The molecule has 0 aliphatic heterocycles. The van der Waals surface area contributed by atoms with Crippen LogP contribution in [0.3, 0.4) is 0 Å². The van der Waals surface area contributed by atoms with Gasteiger partial charge in [0.25, 0.3) is 0 Å². The Morgan fingerprint density at radius 2 is 2.16 bits per heavy atom. The molecule has 0 radical (unpaired) electrons. The maximum Gasteiger partial charge on any atom is 0.173 e. The van der Waals surface area contributed by atoms with Crippen molar-refractivity contribution in [3.8, 4) is 5.69 Å². The highest BCUT2D eigenvalue weighted by Crippen LogP contribution is 2.27. The predicted molar refractivity (Wildman–Crippen MR) is 72.7 cm³/mol. The van der Waals surface area contributed by atoms with E-state index in [9.17, 15) is 0 Å². The largest absolute Gasteiger partial charge is 0.378 e. The van der Waals surface area contributed by atoms with E-state index in [4.69, 9.17) is 21.1 Å². The molecule has 0 spiro atoms. The number of rotatable bonds is 6. The molecule has 19 heavy (non-hydrogen) atoms. The predicted octanol–water partition coefficient (Wildman–Crippen LogP) is 1.95. The monoisotopic (exact) mass is 282 g/mol. The molecule has 0 unspecified atom stereocenters. The number of anilines is 1. The SMILES string of the molecule is COC(CNc1cccc(Cl)c1-n1cncn1)OC. The molecule has 1 aromatic carbocycles. The van der Waals surface area contributed by atoms with Crippen LogP contribution < -0.4 is 5.32 Å². The Bertz CT molecular complexity index is 514. The molecule has 1 aromatic heterocycles. The molecule has 1 heterocycles. The van der Waals surface area contributed by atoms with Crippen LogP contribution in [-0.4, -0.2) is 41.8 Å². The lowest BCUT2D eigenvalue weighted by atomic mass is 10.2. The quantitative estimate of drug-likeness (QED) is 0.821. The number of halogens is 1. The minimum absolute atomic E-state index is 0.331. The van der Waals surface area contributed by atoms with E-state index < -0.39 is 0 Å². The van der Waals surface area contributed by atoms with E-state index in [0.717, 1.165) is 11.4 Å². The van der Waals surface area contributed by atoms with Crippen molar-refractivity contribution in [2.45, 2.75) is 6.29 Å². The molecule has 2 rings (SSSR count). The molecule has 6 nitrogen and oxygen atoms in total. The Hall–Kier alpha value is -1.63. The smallest absolute Gasteiger partial charge is 0.173 e. The molecule has 0 fully saturated rings. The van der Waals surface area contributed by atoms with Gasteiger partial charge in [-0.15, -0.1) is 0 Å². The van der Waals surface area contributed by atoms with Crippen LogP contribution in [-0.2, 0) is 9.47 Å². The van der Waals surface area contributed by atoms with Crippen LogP contribution in [0.2, 0.25) is 5.02 Å². The van der Waals surface area contributed by atoms with Gasteiger partial charge in [0.1, 0.15) is 18.3 Å². The van der Waals surface area contributed by atoms with Gasteiger partial charge in [0.15, 0.2) is 6.29 Å². The van der Waals surface area contributed by atoms with Crippen LogP contribution in [0.4, 0.5) is 5.69 Å². The molecule has 0 aliphatic rings. The standard InChI is InChI=1S/C12H15ClN4O2/c1-18-11(19-2)6-15-10-5-3-4-9(13)12(10)17-8-14-7-16-17/h3-5,7-8,11,15H,6H2,1-2H3. The fraction of sp³-hybridized carbons (Fsp3) is 0.333. The molecule has 102 valence electrons. The molecule has 0 saturated carbocycles. The third kappa shape index (κ3) is 3.23. The van der Waals surface area contributed by atoms with E-state index in [2.05, 4.69) is 15.4 Å². The number of benzene rings is 1. The molecule has 1 N–H and O–H groups in total. The number of para-hydroxylation sites is 1. The van der Waals surface area contributed by atoms with E-state index >= 15 is 0 Å². The molecule has 0 bridgehead atoms. The number of hydrogen-bond donors (Lipinski definition) is 1. The summed E-state index contributed by atoms with van der Waals surface area (Å²) >= 11 is 6.21. The van der Waals surface area contributed by atoms with E-state index in [-0.39, 0.29) is 6.29 Å². The van der Waals surface area contributed by atoms with Crippen molar-refractivity contribution in [3.63, 3.8) is 0 Å². The molecule has 0 aliphatic carbocycles. The van der Waals surface area contributed by atoms with Gasteiger partial charge in [-0.2, -0.15) is 5.10 Å². The van der Waals surface area contributed by atoms with Crippen molar-refractivity contribution in [2.75, 3.05) is 26.1 Å². The van der Waals surface area contributed by atoms with Crippen molar-refractivity contribution in [1.29, 1.82) is 0 Å². The summed E-state index contributed by atoms with van der Waals surface area (Å²) in [7, 11) is 3.18. The van der Waals surface area contributed by atoms with Gasteiger partial charge in [-0.05, 0) is 12.1 Å². The number of ether oxygens (including phenoxy) is 2. The molecule has 0 amide bonds. The van der Waals surface area contributed by atoms with Crippen molar-refractivity contribution in [3.05, 3.63) is 35.9 Å². The highest BCUT2D eigenvalue weighted by molar-refractivity contribution is 6.33. The van der Waals surface area contributed by atoms with Crippen molar-refractivity contribution in [2.24, 2.45) is 0 Å². The zero-order valence-corrected chi connectivity index (χ0v) is 11.5. The first-order chi connectivity index (χ1) is 9.26. The van der Waals surface area contributed by atoms with Gasteiger partial charge in [-0.3, -0.25) is 0 Å². The number of nitrogens with zero attached hydrogens (tertiary/aromatic N) is 3. The molecule has 2 aromatic rings. The van der Waals surface area contributed by atoms with Gasteiger partial charge in [0, 0.05) is 14.2 Å². The molecular formula is C12H15ClN4O2. The molecule has 0 saturated heterocycles. The lowest BCUT2D eigenvalue weighted by molar-refractivity contribution is -0.0914. The zero-order valence-electron chi connectivity index (χ0n) is 10.7. The Kier molecular flexibility index (Phi) is 4.73. The molecular weight excluding hydrogens is 268 g/mol. The zero-order chi connectivity index (χ0) is 13.7. The van der Waals surface area contributed by atoms with Crippen molar-refractivity contribution in [1.82, 2.24) is 14.8 Å². The van der Waals surface area contributed by atoms with E-state index in [1.165, 1.54) is 6.33 Å². The molecule has 7 heteroatoms. The first-order valence-electron chi connectivity index (χ1n) is 5.69. The average molecular weight is 283 g/mol. The lowest BCUT2D eigenvalue weighted by Gasteiger charge is -2.17. The summed E-state index contributed by atoms with van der Waals surface area (Å²) in [4.78, 5) is 3.92. The second-order valence-corrected chi connectivity index (χ2v) is 4.17. The van der Waals surface area contributed by atoms with Crippen LogP contribution in [0.15, 0.2) is 30.9 Å². The van der Waals surface area contributed by atoms with Crippen LogP contribution in [0, 0.1) is 0 Å². The maximum atomic E-state index is 6.21. The Balaban J connectivity index is 2.23. The Labute approximate surface area is 116 Å². The number of aromatic nitrogens is 3. The van der Waals surface area contributed by atoms with Gasteiger partial charge in [-0.1, -0.05) is 17.7 Å². The third-order valence-corrected chi connectivity index (χ3v) is 2.92. The Morgan fingerprint density at radius 1 is 1.37 bits per heavy atom. The summed E-state index contributed by atoms with van der Waals surface area (Å²) in [6, 6.07) is 5.57. The summed E-state index contributed by atoms with van der Waals surface area (Å²) in [5.74, 6) is 0. The highest BCUT2D eigenvalue weighted by atomic mass is 35.5. The van der Waals surface area contributed by atoms with Crippen LogP contribution in [0.25, 0.3) is 5.69 Å². The van der Waals surface area contributed by atoms with Gasteiger partial charge in [0.2, 0.25) is 0 Å². The van der Waals surface area contributed by atoms with E-state index in [1.807, 2.05) is 12.1 Å². The topological polar surface area (TPSA) is 61.2 Å². The van der Waals surface area contributed by atoms with E-state index in [0.29, 0.717) is 11.6 Å². The average Bonchev–Trinajstić information content (AvgIpc) is 2.93. The fourth-order valence-corrected chi connectivity index (χ4v) is 1.93. The van der Waals surface area contributed by atoms with Crippen LogP contribution in [0.1, 0.15) is 0 Å². The lowest BCUT2D eigenvalue weighted by Crippen LogP contribution is -2.24. The summed E-state index contributed by atoms with van der Waals surface area (Å²) in [6.45, 7) is 0.495. The summed E-state index contributed by atoms with van der Waals surface area (Å²) in [6.07, 6.45) is 2.72. The fourth-order valence-electron chi connectivity index (χ4n) is 1.67. The summed E-state index contributed by atoms with van der Waals surface area (Å²) in [5.41, 5.74) is 1.57. The highest BCUT2D eigenvalue weighted by Gasteiger charge is 2.11. The maximum absolute atomic E-state index is 6.21. The van der Waals surface area contributed by atoms with Gasteiger partial charge >= 0.3 is 0 Å². The minimum atomic E-state index is -0.331. The Morgan fingerprint density at radius 3 is 2.79 bits per heavy atom. The van der Waals surface area contributed by atoms with Gasteiger partial charge < -0.3 is 14.8 Å². The van der Waals surface area contributed by atoms with Gasteiger partial charge in [0.05, 0.1) is 17.3 Å². The van der Waals surface area contributed by atoms with Crippen LogP contribution >= 0.6 is 11.6 Å². The second-order valence-electron chi connectivity index (χ2n) is 3.76. The summed E-state index contributed by atoms with van der Waals surface area (Å²) in [5, 5.41) is 7.90. The van der Waals surface area contributed by atoms with Crippen LogP contribution in [0.5, 0.6) is 0 Å². The van der Waals surface area contributed by atoms with Gasteiger partial charge in [-0.25, -0.2) is 9.67 Å². The van der Waals surface area contributed by atoms with Crippen molar-refractivity contribution >= 4 is 17.3 Å².